The van der Waals surface area contributed by atoms with E-state index in [0.717, 1.165) is 13.1 Å². The van der Waals surface area contributed by atoms with Crippen molar-refractivity contribution in [3.05, 3.63) is 30.1 Å². The van der Waals surface area contributed by atoms with E-state index in [4.69, 9.17) is 11.5 Å². The standard InChI is InChI=1S/C16H21N7/c17-15-19-14(20-16(18)21-15)10-22-9-11-5-3-4-8-23(11)13-7-2-1-6-12(13)22/h1-2,6-7,11H,3-5,8-10H2,(H4,17,18,19,20,21). The van der Waals surface area contributed by atoms with E-state index >= 15 is 0 Å². The van der Waals surface area contributed by atoms with Crippen LogP contribution in [0.3, 0.4) is 0 Å². The van der Waals surface area contributed by atoms with Crippen molar-refractivity contribution in [3.63, 3.8) is 0 Å². The minimum Gasteiger partial charge on any atom is -0.368 e. The highest BCUT2D eigenvalue weighted by Gasteiger charge is 2.32. The molecule has 4 N–H and O–H groups in total. The monoisotopic (exact) mass is 311 g/mol. The molecule has 2 aliphatic heterocycles. The van der Waals surface area contributed by atoms with Crippen LogP contribution in [0.1, 0.15) is 25.1 Å². The number of para-hydroxylation sites is 2. The summed E-state index contributed by atoms with van der Waals surface area (Å²) in [7, 11) is 0. The fraction of sp³-hybridized carbons (Fsp3) is 0.438. The zero-order valence-electron chi connectivity index (χ0n) is 13.0. The molecule has 7 nitrogen and oxygen atoms in total. The van der Waals surface area contributed by atoms with Gasteiger partial charge >= 0.3 is 0 Å². The second kappa shape index (κ2) is 5.57. The van der Waals surface area contributed by atoms with Gasteiger partial charge in [0, 0.05) is 19.1 Å². The van der Waals surface area contributed by atoms with Gasteiger partial charge in [-0.1, -0.05) is 12.1 Å². The molecule has 0 spiro atoms. The van der Waals surface area contributed by atoms with Gasteiger partial charge in [-0.3, -0.25) is 0 Å². The Morgan fingerprint density at radius 3 is 2.52 bits per heavy atom. The van der Waals surface area contributed by atoms with Crippen molar-refractivity contribution in [1.82, 2.24) is 15.0 Å². The molecule has 1 fully saturated rings. The van der Waals surface area contributed by atoms with Crippen LogP contribution in [-0.4, -0.2) is 34.1 Å². The lowest BCUT2D eigenvalue weighted by molar-refractivity contribution is 0.441. The third-order valence-corrected chi connectivity index (χ3v) is 4.64. The first-order valence-corrected chi connectivity index (χ1v) is 8.07. The molecule has 1 atom stereocenters. The van der Waals surface area contributed by atoms with E-state index in [1.165, 1.54) is 30.6 Å². The molecule has 1 aromatic carbocycles. The number of nitrogens with zero attached hydrogens (tertiary/aromatic N) is 5. The van der Waals surface area contributed by atoms with E-state index in [1.54, 1.807) is 0 Å². The molecule has 0 bridgehead atoms. The van der Waals surface area contributed by atoms with Gasteiger partial charge in [0.1, 0.15) is 0 Å². The van der Waals surface area contributed by atoms with Crippen LogP contribution in [0.4, 0.5) is 23.3 Å². The number of benzene rings is 1. The first kappa shape index (κ1) is 14.0. The third kappa shape index (κ3) is 2.62. The Bertz CT molecular complexity index is 697. The largest absolute Gasteiger partial charge is 0.368 e. The van der Waals surface area contributed by atoms with Gasteiger partial charge in [0.25, 0.3) is 0 Å². The molecule has 2 aliphatic rings. The van der Waals surface area contributed by atoms with Crippen molar-refractivity contribution >= 4 is 23.3 Å². The molecule has 1 unspecified atom stereocenters. The van der Waals surface area contributed by atoms with Crippen LogP contribution in [0.15, 0.2) is 24.3 Å². The molecular formula is C16H21N7. The maximum atomic E-state index is 5.70. The summed E-state index contributed by atoms with van der Waals surface area (Å²) in [6.45, 7) is 2.71. The van der Waals surface area contributed by atoms with E-state index in [2.05, 4.69) is 49.0 Å². The van der Waals surface area contributed by atoms with Crippen molar-refractivity contribution in [1.29, 1.82) is 0 Å². The lowest BCUT2D eigenvalue weighted by atomic mass is 9.97. The molecule has 1 aromatic heterocycles. The summed E-state index contributed by atoms with van der Waals surface area (Å²) in [5.74, 6) is 0.975. The zero-order chi connectivity index (χ0) is 15.8. The van der Waals surface area contributed by atoms with Crippen molar-refractivity contribution in [2.24, 2.45) is 0 Å². The van der Waals surface area contributed by atoms with E-state index in [-0.39, 0.29) is 11.9 Å². The highest BCUT2D eigenvalue weighted by molar-refractivity contribution is 5.74. The Kier molecular flexibility index (Phi) is 3.40. The van der Waals surface area contributed by atoms with Crippen LogP contribution in [-0.2, 0) is 6.54 Å². The van der Waals surface area contributed by atoms with Crippen molar-refractivity contribution in [2.75, 3.05) is 34.4 Å². The molecule has 23 heavy (non-hydrogen) atoms. The Balaban J connectivity index is 1.67. The first-order chi connectivity index (χ1) is 11.2. The summed E-state index contributed by atoms with van der Waals surface area (Å²) in [4.78, 5) is 17.2. The summed E-state index contributed by atoms with van der Waals surface area (Å²) in [5.41, 5.74) is 13.9. The predicted molar refractivity (Wildman–Crippen MR) is 91.1 cm³/mol. The number of nitrogen functional groups attached to an aromatic ring is 2. The summed E-state index contributed by atoms with van der Waals surface area (Å²) in [6.07, 6.45) is 3.79. The fourth-order valence-electron chi connectivity index (χ4n) is 3.68. The van der Waals surface area contributed by atoms with Gasteiger partial charge in [-0.15, -0.1) is 0 Å². The normalized spacial score (nSPS) is 20.1. The Morgan fingerprint density at radius 2 is 1.74 bits per heavy atom. The van der Waals surface area contributed by atoms with Gasteiger partial charge < -0.3 is 21.3 Å². The molecular weight excluding hydrogens is 290 g/mol. The molecule has 7 heteroatoms. The quantitative estimate of drug-likeness (QED) is 0.865. The van der Waals surface area contributed by atoms with Gasteiger partial charge in [-0.05, 0) is 31.4 Å². The number of nitrogens with two attached hydrogens (primary N) is 2. The van der Waals surface area contributed by atoms with Gasteiger partial charge in [-0.2, -0.15) is 15.0 Å². The van der Waals surface area contributed by atoms with Gasteiger partial charge in [0.2, 0.25) is 11.9 Å². The molecule has 0 aliphatic carbocycles. The Hall–Kier alpha value is -2.57. The SMILES string of the molecule is Nc1nc(N)nc(CN2CC3CCCCN3c3ccccc32)n1. The van der Waals surface area contributed by atoms with E-state index in [1.807, 2.05) is 0 Å². The Morgan fingerprint density at radius 1 is 1.00 bits per heavy atom. The van der Waals surface area contributed by atoms with E-state index < -0.39 is 0 Å². The Labute approximate surface area is 135 Å². The predicted octanol–water partition coefficient (Wildman–Crippen LogP) is 1.42. The summed E-state index contributed by atoms with van der Waals surface area (Å²) in [6, 6.07) is 9.10. The lowest BCUT2D eigenvalue weighted by Crippen LogP contribution is -2.51. The maximum Gasteiger partial charge on any atom is 0.225 e. The smallest absolute Gasteiger partial charge is 0.225 e. The number of aromatic nitrogens is 3. The summed E-state index contributed by atoms with van der Waals surface area (Å²) in [5, 5.41) is 0. The number of fused-ring (bicyclic) bond motifs is 3. The first-order valence-electron chi connectivity index (χ1n) is 8.07. The molecule has 1 saturated heterocycles. The van der Waals surface area contributed by atoms with Crippen LogP contribution in [0.2, 0.25) is 0 Å². The fourth-order valence-corrected chi connectivity index (χ4v) is 3.68. The molecule has 2 aromatic rings. The minimum atomic E-state index is 0.178. The topological polar surface area (TPSA) is 97.2 Å². The number of hydrogen-bond acceptors (Lipinski definition) is 7. The molecule has 120 valence electrons. The second-order valence-electron chi connectivity index (χ2n) is 6.18. The number of piperidine rings is 1. The molecule has 3 heterocycles. The van der Waals surface area contributed by atoms with E-state index in [9.17, 15) is 0 Å². The van der Waals surface area contributed by atoms with Crippen LogP contribution in [0, 0.1) is 0 Å². The van der Waals surface area contributed by atoms with Gasteiger partial charge in [-0.25, -0.2) is 0 Å². The molecule has 0 amide bonds. The van der Waals surface area contributed by atoms with Crippen LogP contribution in [0.25, 0.3) is 0 Å². The minimum absolute atomic E-state index is 0.178. The van der Waals surface area contributed by atoms with Crippen molar-refractivity contribution < 1.29 is 0 Å². The van der Waals surface area contributed by atoms with Gasteiger partial charge in [0.05, 0.1) is 17.9 Å². The average Bonchev–Trinajstić information content (AvgIpc) is 2.54. The summed E-state index contributed by atoms with van der Waals surface area (Å²) >= 11 is 0. The summed E-state index contributed by atoms with van der Waals surface area (Å²) < 4.78 is 0. The highest BCUT2D eigenvalue weighted by Crippen LogP contribution is 2.38. The number of anilines is 4. The van der Waals surface area contributed by atoms with Crippen molar-refractivity contribution in [3.8, 4) is 0 Å². The van der Waals surface area contributed by atoms with Crippen LogP contribution < -0.4 is 21.3 Å². The molecule has 4 rings (SSSR count). The number of rotatable bonds is 2. The maximum absolute atomic E-state index is 5.70. The third-order valence-electron chi connectivity index (χ3n) is 4.64. The van der Waals surface area contributed by atoms with Gasteiger partial charge in [0.15, 0.2) is 5.82 Å². The zero-order valence-corrected chi connectivity index (χ0v) is 13.0. The molecule has 0 radical (unpaired) electrons. The number of hydrogen-bond donors (Lipinski definition) is 2. The van der Waals surface area contributed by atoms with Crippen molar-refractivity contribution in [2.45, 2.75) is 31.8 Å². The second-order valence-corrected chi connectivity index (χ2v) is 6.18. The molecule has 0 saturated carbocycles. The van der Waals surface area contributed by atoms with Crippen LogP contribution in [0.5, 0.6) is 0 Å². The average molecular weight is 311 g/mol. The van der Waals surface area contributed by atoms with E-state index in [0.29, 0.717) is 18.4 Å². The van der Waals surface area contributed by atoms with Crippen LogP contribution >= 0.6 is 0 Å². The highest BCUT2D eigenvalue weighted by atomic mass is 15.3. The lowest BCUT2D eigenvalue weighted by Gasteiger charge is -2.46.